The number of nitriles is 1. The van der Waals surface area contributed by atoms with Gasteiger partial charge in [-0.1, -0.05) is 24.3 Å². The summed E-state index contributed by atoms with van der Waals surface area (Å²) in [4.78, 5) is 26.8. The Labute approximate surface area is 157 Å². The Hall–Kier alpha value is -3.33. The molecule has 4 rings (SSSR count). The molecule has 1 aliphatic carbocycles. The van der Waals surface area contributed by atoms with Crippen LogP contribution in [0.2, 0.25) is 0 Å². The van der Waals surface area contributed by atoms with Gasteiger partial charge in [-0.25, -0.2) is 0 Å². The number of carbonyl (C=O) groups is 2. The van der Waals surface area contributed by atoms with Crippen LogP contribution in [0.5, 0.6) is 5.75 Å². The number of para-hydroxylation sites is 1. The maximum atomic E-state index is 12.7. The zero-order valence-electron chi connectivity index (χ0n) is 14.7. The molecule has 2 amide bonds. The van der Waals surface area contributed by atoms with Gasteiger partial charge in [-0.05, 0) is 42.7 Å². The minimum atomic E-state index is -0.580. The van der Waals surface area contributed by atoms with E-state index in [0.29, 0.717) is 17.7 Å². The van der Waals surface area contributed by atoms with Crippen LogP contribution in [-0.4, -0.2) is 35.4 Å². The maximum absolute atomic E-state index is 12.7. The minimum Gasteiger partial charge on any atom is -0.480 e. The van der Waals surface area contributed by atoms with Crippen molar-refractivity contribution in [2.45, 2.75) is 31.4 Å². The molecule has 0 saturated heterocycles. The second-order valence-electron chi connectivity index (χ2n) is 6.81. The smallest absolute Gasteiger partial charge is 0.265 e. The van der Waals surface area contributed by atoms with Crippen molar-refractivity contribution in [3.05, 3.63) is 59.7 Å². The lowest BCUT2D eigenvalue weighted by Gasteiger charge is -2.19. The van der Waals surface area contributed by atoms with Crippen LogP contribution in [0.3, 0.4) is 0 Å². The van der Waals surface area contributed by atoms with Gasteiger partial charge in [0, 0.05) is 23.7 Å². The molecule has 6 nitrogen and oxygen atoms in total. The SMILES string of the molecule is N#CCN(C(=O)c1cccc(NC(=O)[C@H]2Cc3ccccc3O2)c1)C1CC1. The monoisotopic (exact) mass is 361 g/mol. The Morgan fingerprint density at radius 2 is 2.00 bits per heavy atom. The standard InChI is InChI=1S/C21H19N3O3/c22-10-11-24(17-8-9-17)21(26)15-5-3-6-16(12-15)23-20(25)19-13-14-4-1-2-7-18(14)27-19/h1-7,12,17,19H,8-9,11,13H2,(H,23,25)/t19-/m1/s1. The van der Waals surface area contributed by atoms with Gasteiger partial charge in [-0.2, -0.15) is 5.26 Å². The van der Waals surface area contributed by atoms with Crippen LogP contribution in [0.4, 0.5) is 5.69 Å². The third kappa shape index (κ3) is 3.63. The molecule has 0 aromatic heterocycles. The van der Waals surface area contributed by atoms with Crippen molar-refractivity contribution in [2.75, 3.05) is 11.9 Å². The zero-order valence-corrected chi connectivity index (χ0v) is 14.7. The summed E-state index contributed by atoms with van der Waals surface area (Å²) in [6, 6.07) is 16.6. The van der Waals surface area contributed by atoms with E-state index in [-0.39, 0.29) is 24.4 Å². The Morgan fingerprint density at radius 3 is 2.74 bits per heavy atom. The molecule has 27 heavy (non-hydrogen) atoms. The normalized spacial score (nSPS) is 17.4. The highest BCUT2D eigenvalue weighted by Gasteiger charge is 2.33. The first-order valence-electron chi connectivity index (χ1n) is 8.99. The number of anilines is 1. The van der Waals surface area contributed by atoms with Gasteiger partial charge in [0.05, 0.1) is 6.07 Å². The molecule has 1 N–H and O–H groups in total. The molecule has 2 aromatic carbocycles. The van der Waals surface area contributed by atoms with Crippen molar-refractivity contribution in [3.63, 3.8) is 0 Å². The molecule has 2 aromatic rings. The van der Waals surface area contributed by atoms with Crippen molar-refractivity contribution < 1.29 is 14.3 Å². The summed E-state index contributed by atoms with van der Waals surface area (Å²) in [5, 5.41) is 11.8. The van der Waals surface area contributed by atoms with Gasteiger partial charge in [-0.15, -0.1) is 0 Å². The Kier molecular flexibility index (Phi) is 4.51. The molecule has 1 saturated carbocycles. The molecular weight excluding hydrogens is 342 g/mol. The number of benzene rings is 2. The lowest BCUT2D eigenvalue weighted by molar-refractivity contribution is -0.122. The van der Waals surface area contributed by atoms with Crippen LogP contribution < -0.4 is 10.1 Å². The molecule has 1 heterocycles. The van der Waals surface area contributed by atoms with E-state index in [1.807, 2.05) is 24.3 Å². The van der Waals surface area contributed by atoms with Crippen LogP contribution in [0.15, 0.2) is 48.5 Å². The van der Waals surface area contributed by atoms with Crippen LogP contribution >= 0.6 is 0 Å². The highest BCUT2D eigenvalue weighted by Crippen LogP contribution is 2.30. The fourth-order valence-electron chi connectivity index (χ4n) is 3.28. The van der Waals surface area contributed by atoms with Crippen molar-refractivity contribution in [1.82, 2.24) is 4.90 Å². The third-order valence-corrected chi connectivity index (χ3v) is 4.81. The number of ether oxygens (including phenoxy) is 1. The molecule has 1 aliphatic heterocycles. The summed E-state index contributed by atoms with van der Waals surface area (Å²) in [5.74, 6) is 0.310. The Balaban J connectivity index is 1.44. The van der Waals surface area contributed by atoms with Crippen LogP contribution in [0, 0.1) is 11.3 Å². The number of fused-ring (bicyclic) bond motifs is 1. The molecule has 1 atom stereocenters. The minimum absolute atomic E-state index is 0.0776. The summed E-state index contributed by atoms with van der Waals surface area (Å²) >= 11 is 0. The first-order chi connectivity index (χ1) is 13.2. The van der Waals surface area contributed by atoms with Gasteiger partial charge in [0.25, 0.3) is 11.8 Å². The van der Waals surface area contributed by atoms with E-state index in [9.17, 15) is 9.59 Å². The number of hydrogen-bond acceptors (Lipinski definition) is 4. The molecule has 1 fully saturated rings. The molecule has 2 aliphatic rings. The predicted octanol–water partition coefficient (Wildman–Crippen LogP) is 2.76. The quantitative estimate of drug-likeness (QED) is 0.830. The second kappa shape index (κ2) is 7.12. The average molecular weight is 361 g/mol. The lowest BCUT2D eigenvalue weighted by atomic mass is 10.1. The molecule has 0 spiro atoms. The zero-order chi connectivity index (χ0) is 18.8. The van der Waals surface area contributed by atoms with E-state index in [1.54, 1.807) is 29.2 Å². The molecular formula is C21H19N3O3. The molecule has 0 unspecified atom stereocenters. The average Bonchev–Trinajstić information content (AvgIpc) is 3.43. The van der Waals surface area contributed by atoms with E-state index in [0.717, 1.165) is 24.2 Å². The Bertz CT molecular complexity index is 905. The molecule has 0 radical (unpaired) electrons. The van der Waals surface area contributed by atoms with Crippen LogP contribution in [0.1, 0.15) is 28.8 Å². The van der Waals surface area contributed by atoms with E-state index in [2.05, 4.69) is 11.4 Å². The number of nitrogens with zero attached hydrogens (tertiary/aromatic N) is 2. The summed E-state index contributed by atoms with van der Waals surface area (Å²) in [5.41, 5.74) is 2.02. The summed E-state index contributed by atoms with van der Waals surface area (Å²) in [6.07, 6.45) is 1.81. The summed E-state index contributed by atoms with van der Waals surface area (Å²) in [6.45, 7) is 0.0776. The highest BCUT2D eigenvalue weighted by molar-refractivity contribution is 5.99. The van der Waals surface area contributed by atoms with Gasteiger partial charge >= 0.3 is 0 Å². The van der Waals surface area contributed by atoms with E-state index in [4.69, 9.17) is 10.00 Å². The largest absolute Gasteiger partial charge is 0.480 e. The highest BCUT2D eigenvalue weighted by atomic mass is 16.5. The third-order valence-electron chi connectivity index (χ3n) is 4.81. The van der Waals surface area contributed by atoms with Gasteiger partial charge in [0.2, 0.25) is 0 Å². The first kappa shape index (κ1) is 17.1. The molecule has 0 bridgehead atoms. The van der Waals surface area contributed by atoms with Gasteiger partial charge in [0.15, 0.2) is 6.10 Å². The molecule has 6 heteroatoms. The van der Waals surface area contributed by atoms with E-state index < -0.39 is 6.10 Å². The fraction of sp³-hybridized carbons (Fsp3) is 0.286. The number of hydrogen-bond donors (Lipinski definition) is 1. The van der Waals surface area contributed by atoms with Crippen molar-refractivity contribution in [3.8, 4) is 11.8 Å². The van der Waals surface area contributed by atoms with Crippen LogP contribution in [-0.2, 0) is 11.2 Å². The van der Waals surface area contributed by atoms with Crippen molar-refractivity contribution in [1.29, 1.82) is 5.26 Å². The first-order valence-corrected chi connectivity index (χ1v) is 8.99. The number of nitrogens with one attached hydrogen (secondary N) is 1. The summed E-state index contributed by atoms with van der Waals surface area (Å²) < 4.78 is 5.71. The maximum Gasteiger partial charge on any atom is 0.265 e. The van der Waals surface area contributed by atoms with Gasteiger partial charge in [0.1, 0.15) is 12.3 Å². The van der Waals surface area contributed by atoms with E-state index >= 15 is 0 Å². The van der Waals surface area contributed by atoms with Crippen molar-refractivity contribution in [2.24, 2.45) is 0 Å². The number of amides is 2. The number of carbonyl (C=O) groups excluding carboxylic acids is 2. The predicted molar refractivity (Wildman–Crippen MR) is 99.3 cm³/mol. The van der Waals surface area contributed by atoms with E-state index in [1.165, 1.54) is 0 Å². The summed E-state index contributed by atoms with van der Waals surface area (Å²) in [7, 11) is 0. The van der Waals surface area contributed by atoms with Gasteiger partial charge < -0.3 is 15.0 Å². The fourth-order valence-corrected chi connectivity index (χ4v) is 3.28. The number of rotatable bonds is 5. The van der Waals surface area contributed by atoms with Gasteiger partial charge in [-0.3, -0.25) is 9.59 Å². The Morgan fingerprint density at radius 1 is 1.19 bits per heavy atom. The van der Waals surface area contributed by atoms with Crippen LogP contribution in [0.25, 0.3) is 0 Å². The van der Waals surface area contributed by atoms with Crippen molar-refractivity contribution >= 4 is 17.5 Å². The second-order valence-corrected chi connectivity index (χ2v) is 6.81. The lowest BCUT2D eigenvalue weighted by Crippen LogP contribution is -2.34. The molecule has 136 valence electrons. The topological polar surface area (TPSA) is 82.4 Å².